The Hall–Kier alpha value is -0.730. The molecule has 0 aromatic heterocycles. The van der Waals surface area contributed by atoms with E-state index >= 15 is 0 Å². The van der Waals surface area contributed by atoms with Crippen LogP contribution in [0.15, 0.2) is 0 Å². The highest BCUT2D eigenvalue weighted by Crippen LogP contribution is 2.21. The monoisotopic (exact) mass is 318 g/mol. The number of rotatable bonds is 9. The first-order valence-corrected chi connectivity index (χ1v) is 8.13. The summed E-state index contributed by atoms with van der Waals surface area (Å²) in [7, 11) is 0. The molecule has 1 aliphatic heterocycles. The topological polar surface area (TPSA) is 125 Å². The van der Waals surface area contributed by atoms with Crippen LogP contribution < -0.4 is 11.1 Å². The lowest BCUT2D eigenvalue weighted by atomic mass is 9.93. The number of aliphatic hydroxyl groups excluding tert-OH is 3. The summed E-state index contributed by atoms with van der Waals surface area (Å²) in [5, 5.41) is 31.7. The van der Waals surface area contributed by atoms with E-state index in [0.717, 1.165) is 32.1 Å². The first-order chi connectivity index (χ1) is 10.5. The van der Waals surface area contributed by atoms with Gasteiger partial charge in [0, 0.05) is 6.42 Å². The first kappa shape index (κ1) is 19.3. The summed E-state index contributed by atoms with van der Waals surface area (Å²) in [5.74, 6) is -0.159. The molecule has 0 spiro atoms. The molecule has 22 heavy (non-hydrogen) atoms. The largest absolute Gasteiger partial charge is 0.394 e. The molecule has 1 rings (SSSR count). The van der Waals surface area contributed by atoms with Crippen LogP contribution in [-0.2, 0) is 9.53 Å². The van der Waals surface area contributed by atoms with E-state index in [1.54, 1.807) is 6.92 Å². The van der Waals surface area contributed by atoms with Gasteiger partial charge in [-0.2, -0.15) is 0 Å². The SMILES string of the molecule is CC1OC(CO)C(O)C(O)C1NC(=O)CCCCCCCN. The zero-order valence-electron chi connectivity index (χ0n) is 13.3. The fourth-order valence-corrected chi connectivity index (χ4v) is 2.72. The molecular formula is C15H30N2O5. The van der Waals surface area contributed by atoms with Gasteiger partial charge in [0.25, 0.3) is 0 Å². The van der Waals surface area contributed by atoms with Crippen LogP contribution in [0.25, 0.3) is 0 Å². The Morgan fingerprint density at radius 2 is 1.77 bits per heavy atom. The number of ether oxygens (including phenoxy) is 1. The van der Waals surface area contributed by atoms with Crippen LogP contribution in [0.5, 0.6) is 0 Å². The lowest BCUT2D eigenvalue weighted by Gasteiger charge is -2.41. The van der Waals surface area contributed by atoms with Gasteiger partial charge < -0.3 is 31.1 Å². The van der Waals surface area contributed by atoms with Crippen LogP contribution >= 0.6 is 0 Å². The van der Waals surface area contributed by atoms with Crippen molar-refractivity contribution in [1.82, 2.24) is 5.32 Å². The minimum Gasteiger partial charge on any atom is -0.394 e. The minimum absolute atomic E-state index is 0.159. The van der Waals surface area contributed by atoms with Crippen LogP contribution in [-0.4, -0.2) is 64.8 Å². The summed E-state index contributed by atoms with van der Waals surface area (Å²) in [5.41, 5.74) is 5.42. The average molecular weight is 318 g/mol. The van der Waals surface area contributed by atoms with Crippen molar-refractivity contribution in [3.63, 3.8) is 0 Å². The van der Waals surface area contributed by atoms with Crippen LogP contribution in [0.4, 0.5) is 0 Å². The van der Waals surface area contributed by atoms with Gasteiger partial charge in [0.1, 0.15) is 18.3 Å². The Kier molecular flexibility index (Phi) is 8.89. The molecule has 0 aromatic carbocycles. The number of carbonyl (C=O) groups excluding carboxylic acids is 1. The summed E-state index contributed by atoms with van der Waals surface area (Å²) in [6.07, 6.45) is 1.67. The molecule has 5 unspecified atom stereocenters. The standard InChI is InChI=1S/C15H30N2O5/c1-10-13(15(21)14(20)11(9-18)22-10)17-12(19)7-5-3-2-4-6-8-16/h10-11,13-15,18,20-21H,2-9,16H2,1H3,(H,17,19). The number of carbonyl (C=O) groups is 1. The van der Waals surface area contributed by atoms with Crippen LogP contribution in [0.1, 0.15) is 45.4 Å². The van der Waals surface area contributed by atoms with Crippen molar-refractivity contribution >= 4 is 5.91 Å². The Labute approximate surface area is 131 Å². The molecule has 1 heterocycles. The quantitative estimate of drug-likeness (QED) is 0.357. The van der Waals surface area contributed by atoms with E-state index in [9.17, 15) is 15.0 Å². The molecular weight excluding hydrogens is 288 g/mol. The molecule has 1 aliphatic rings. The minimum atomic E-state index is -1.21. The van der Waals surface area contributed by atoms with Crippen molar-refractivity contribution < 1.29 is 24.9 Å². The van der Waals surface area contributed by atoms with E-state index < -0.39 is 30.5 Å². The molecule has 7 nitrogen and oxygen atoms in total. The van der Waals surface area contributed by atoms with E-state index in [2.05, 4.69) is 5.32 Å². The molecule has 0 saturated carbocycles. The maximum atomic E-state index is 11.9. The van der Waals surface area contributed by atoms with Gasteiger partial charge in [-0.25, -0.2) is 0 Å². The number of hydrogen-bond acceptors (Lipinski definition) is 6. The van der Waals surface area contributed by atoms with Gasteiger partial charge in [-0.3, -0.25) is 4.79 Å². The van der Waals surface area contributed by atoms with Gasteiger partial charge in [-0.05, 0) is 26.3 Å². The second kappa shape index (κ2) is 10.1. The highest BCUT2D eigenvalue weighted by atomic mass is 16.5. The number of nitrogens with one attached hydrogen (secondary N) is 1. The fourth-order valence-electron chi connectivity index (χ4n) is 2.72. The summed E-state index contributed by atoms with van der Waals surface area (Å²) >= 11 is 0. The molecule has 0 radical (unpaired) electrons. The second-order valence-corrected chi connectivity index (χ2v) is 5.94. The molecule has 1 fully saturated rings. The third-order valence-corrected chi connectivity index (χ3v) is 4.11. The Bertz CT molecular complexity index is 329. The maximum Gasteiger partial charge on any atom is 0.220 e. The van der Waals surface area contributed by atoms with Crippen molar-refractivity contribution in [3.05, 3.63) is 0 Å². The molecule has 0 aliphatic carbocycles. The number of unbranched alkanes of at least 4 members (excludes halogenated alkanes) is 4. The second-order valence-electron chi connectivity index (χ2n) is 5.94. The van der Waals surface area contributed by atoms with Crippen molar-refractivity contribution in [3.8, 4) is 0 Å². The van der Waals surface area contributed by atoms with E-state index in [1.165, 1.54) is 0 Å². The van der Waals surface area contributed by atoms with E-state index in [0.29, 0.717) is 13.0 Å². The molecule has 6 N–H and O–H groups in total. The van der Waals surface area contributed by atoms with Crippen molar-refractivity contribution in [2.24, 2.45) is 5.73 Å². The van der Waals surface area contributed by atoms with Gasteiger partial charge in [0.05, 0.1) is 18.8 Å². The Morgan fingerprint density at radius 3 is 2.41 bits per heavy atom. The zero-order valence-corrected chi connectivity index (χ0v) is 13.3. The fraction of sp³-hybridized carbons (Fsp3) is 0.933. The zero-order chi connectivity index (χ0) is 16.5. The van der Waals surface area contributed by atoms with Crippen molar-refractivity contribution in [1.29, 1.82) is 0 Å². The lowest BCUT2D eigenvalue weighted by molar-refractivity contribution is -0.190. The van der Waals surface area contributed by atoms with Crippen molar-refractivity contribution in [2.45, 2.75) is 75.9 Å². The van der Waals surface area contributed by atoms with Crippen molar-refractivity contribution in [2.75, 3.05) is 13.2 Å². The normalized spacial score (nSPS) is 32.0. The van der Waals surface area contributed by atoms with Gasteiger partial charge in [-0.15, -0.1) is 0 Å². The smallest absolute Gasteiger partial charge is 0.220 e. The van der Waals surface area contributed by atoms with Gasteiger partial charge in [-0.1, -0.05) is 19.3 Å². The first-order valence-electron chi connectivity index (χ1n) is 8.13. The summed E-state index contributed by atoms with van der Waals surface area (Å²) in [6.45, 7) is 2.04. The van der Waals surface area contributed by atoms with Crippen LogP contribution in [0, 0.1) is 0 Å². The highest BCUT2D eigenvalue weighted by Gasteiger charge is 2.42. The van der Waals surface area contributed by atoms with E-state index in [1.807, 2.05) is 0 Å². The summed E-state index contributed by atoms with van der Waals surface area (Å²) < 4.78 is 5.42. The lowest BCUT2D eigenvalue weighted by Crippen LogP contribution is -2.63. The number of nitrogens with two attached hydrogens (primary N) is 1. The van der Waals surface area contributed by atoms with Crippen LogP contribution in [0.2, 0.25) is 0 Å². The van der Waals surface area contributed by atoms with Gasteiger partial charge in [0.15, 0.2) is 0 Å². The molecule has 7 heteroatoms. The van der Waals surface area contributed by atoms with Gasteiger partial charge >= 0.3 is 0 Å². The maximum absolute atomic E-state index is 11.9. The summed E-state index contributed by atoms with van der Waals surface area (Å²) in [6, 6.07) is -0.664. The summed E-state index contributed by atoms with van der Waals surface area (Å²) in [4.78, 5) is 11.9. The number of hydrogen-bond donors (Lipinski definition) is 5. The molecule has 130 valence electrons. The van der Waals surface area contributed by atoms with Gasteiger partial charge in [0.2, 0.25) is 5.91 Å². The molecule has 1 saturated heterocycles. The molecule has 0 bridgehead atoms. The average Bonchev–Trinajstić information content (AvgIpc) is 2.50. The van der Waals surface area contributed by atoms with Crippen LogP contribution in [0.3, 0.4) is 0 Å². The molecule has 1 amide bonds. The predicted octanol–water partition coefficient (Wildman–Crippen LogP) is -0.728. The predicted molar refractivity (Wildman–Crippen MR) is 82.1 cm³/mol. The van der Waals surface area contributed by atoms with E-state index in [4.69, 9.17) is 15.6 Å². The third kappa shape index (κ3) is 5.81. The molecule has 0 aromatic rings. The highest BCUT2D eigenvalue weighted by molar-refractivity contribution is 5.76. The Balaban J connectivity index is 2.31. The molecule has 5 atom stereocenters. The Morgan fingerprint density at radius 1 is 1.14 bits per heavy atom. The number of amides is 1. The van der Waals surface area contributed by atoms with E-state index in [-0.39, 0.29) is 12.5 Å². The number of aliphatic hydroxyl groups is 3. The third-order valence-electron chi connectivity index (χ3n) is 4.11.